The summed E-state index contributed by atoms with van der Waals surface area (Å²) in [7, 11) is 0. The largest absolute Gasteiger partial charge is 0.449 e. The lowest BCUT2D eigenvalue weighted by Crippen LogP contribution is -2.30. The van der Waals surface area contributed by atoms with E-state index in [0.717, 1.165) is 0 Å². The van der Waals surface area contributed by atoms with Crippen LogP contribution in [0.4, 0.5) is 5.69 Å². The Morgan fingerprint density at radius 2 is 1.79 bits per heavy atom. The number of Topliss-reactive ketones (excluding diaryl/α,β-unsaturated/α-hetero) is 1. The van der Waals surface area contributed by atoms with E-state index in [1.54, 1.807) is 35.9 Å². The number of anilines is 1. The molecule has 0 saturated carbocycles. The number of carbonyl (C=O) groups is 3. The smallest absolute Gasteiger partial charge is 0.343 e. The Bertz CT molecular complexity index is 888. The van der Waals surface area contributed by atoms with E-state index in [4.69, 9.17) is 16.3 Å². The number of nitrogens with one attached hydrogen (secondary N) is 1. The highest BCUT2D eigenvalue weighted by atomic mass is 35.5. The van der Waals surface area contributed by atoms with Crippen molar-refractivity contribution in [3.8, 4) is 0 Å². The van der Waals surface area contributed by atoms with Crippen LogP contribution in [-0.2, 0) is 16.1 Å². The molecule has 0 spiro atoms. The lowest BCUT2D eigenvalue weighted by atomic mass is 10.1. The van der Waals surface area contributed by atoms with Crippen LogP contribution in [0.25, 0.3) is 0 Å². The van der Waals surface area contributed by atoms with Crippen molar-refractivity contribution in [3.05, 3.63) is 46.2 Å². The summed E-state index contributed by atoms with van der Waals surface area (Å²) in [6, 6.07) is 6.45. The first kappa shape index (κ1) is 21.6. The summed E-state index contributed by atoms with van der Waals surface area (Å²) >= 11 is 6.27. The number of amides is 1. The summed E-state index contributed by atoms with van der Waals surface area (Å²) in [5.41, 5.74) is 1.65. The zero-order valence-electron chi connectivity index (χ0n) is 16.6. The first-order valence-corrected chi connectivity index (χ1v) is 9.33. The number of ketones is 1. The van der Waals surface area contributed by atoms with Crippen LogP contribution in [0.2, 0.25) is 5.15 Å². The van der Waals surface area contributed by atoms with Gasteiger partial charge in [0.1, 0.15) is 10.7 Å². The maximum absolute atomic E-state index is 12.5. The van der Waals surface area contributed by atoms with Crippen LogP contribution in [0, 0.1) is 12.8 Å². The maximum Gasteiger partial charge on any atom is 0.343 e. The fourth-order valence-electron chi connectivity index (χ4n) is 2.56. The Kier molecular flexibility index (Phi) is 6.96. The SMILES string of the molecule is CC(=O)c1ccc(NC(=O)[C@@H](C)OC(=O)c2c(C)nn(CC(C)C)c2Cl)cc1. The van der Waals surface area contributed by atoms with Gasteiger partial charge in [-0.15, -0.1) is 0 Å². The predicted octanol–water partition coefficient (Wildman–Crippen LogP) is 3.89. The molecule has 8 heteroatoms. The number of carbonyl (C=O) groups excluding carboxylic acids is 3. The fourth-order valence-corrected chi connectivity index (χ4v) is 2.88. The van der Waals surface area contributed by atoms with Crippen molar-refractivity contribution in [2.75, 3.05) is 5.32 Å². The number of hydrogen-bond donors (Lipinski definition) is 1. The quantitative estimate of drug-likeness (QED) is 0.557. The second-order valence-electron chi connectivity index (χ2n) is 7.00. The summed E-state index contributed by atoms with van der Waals surface area (Å²) in [6.07, 6.45) is -1.04. The molecule has 0 radical (unpaired) electrons. The minimum Gasteiger partial charge on any atom is -0.449 e. The Labute approximate surface area is 169 Å². The molecule has 2 rings (SSSR count). The third-order valence-corrected chi connectivity index (χ3v) is 4.40. The third kappa shape index (κ3) is 5.19. The van der Waals surface area contributed by atoms with Crippen LogP contribution in [0.5, 0.6) is 0 Å². The molecule has 1 aromatic heterocycles. The highest BCUT2D eigenvalue weighted by Crippen LogP contribution is 2.22. The molecular weight excluding hydrogens is 382 g/mol. The number of aromatic nitrogens is 2. The average Bonchev–Trinajstić information content (AvgIpc) is 2.88. The van der Waals surface area contributed by atoms with Crippen molar-refractivity contribution >= 4 is 34.9 Å². The van der Waals surface area contributed by atoms with Gasteiger partial charge in [0.25, 0.3) is 5.91 Å². The van der Waals surface area contributed by atoms with Gasteiger partial charge in [-0.1, -0.05) is 25.4 Å². The van der Waals surface area contributed by atoms with Gasteiger partial charge in [0.2, 0.25) is 0 Å². The number of nitrogens with zero attached hydrogens (tertiary/aromatic N) is 2. The van der Waals surface area contributed by atoms with Gasteiger partial charge >= 0.3 is 5.97 Å². The number of hydrogen-bond acceptors (Lipinski definition) is 5. The van der Waals surface area contributed by atoms with Crippen molar-refractivity contribution in [1.29, 1.82) is 0 Å². The zero-order chi connectivity index (χ0) is 21.0. The van der Waals surface area contributed by atoms with Gasteiger partial charge in [0.05, 0.1) is 5.69 Å². The Hall–Kier alpha value is -2.67. The van der Waals surface area contributed by atoms with Crippen molar-refractivity contribution < 1.29 is 19.1 Å². The first-order chi connectivity index (χ1) is 13.1. The summed E-state index contributed by atoms with van der Waals surface area (Å²) in [4.78, 5) is 36.1. The Morgan fingerprint density at radius 3 is 2.32 bits per heavy atom. The van der Waals surface area contributed by atoms with Gasteiger partial charge in [-0.2, -0.15) is 5.10 Å². The molecule has 0 aliphatic heterocycles. The van der Waals surface area contributed by atoms with Crippen molar-refractivity contribution in [1.82, 2.24) is 9.78 Å². The standard InChI is InChI=1S/C20H24ClN3O4/c1-11(2)10-24-18(21)17(12(3)23-24)20(27)28-14(5)19(26)22-16-8-6-15(7-9-16)13(4)25/h6-9,11,14H,10H2,1-5H3,(H,22,26)/t14-/m1/s1. The fraction of sp³-hybridized carbons (Fsp3) is 0.400. The molecule has 1 atom stereocenters. The summed E-state index contributed by atoms with van der Waals surface area (Å²) in [5.74, 6) is -0.954. The molecular formula is C20H24ClN3O4. The van der Waals surface area contributed by atoms with Gasteiger partial charge in [-0.05, 0) is 51.0 Å². The second kappa shape index (κ2) is 9.01. The predicted molar refractivity (Wildman–Crippen MR) is 107 cm³/mol. The summed E-state index contributed by atoms with van der Waals surface area (Å²) in [6.45, 7) is 9.20. The van der Waals surface area contributed by atoms with Gasteiger partial charge in [0, 0.05) is 17.8 Å². The molecule has 28 heavy (non-hydrogen) atoms. The van der Waals surface area contributed by atoms with E-state index in [1.807, 2.05) is 13.8 Å². The Morgan fingerprint density at radius 1 is 1.18 bits per heavy atom. The van der Waals surface area contributed by atoms with E-state index < -0.39 is 18.0 Å². The van der Waals surface area contributed by atoms with Crippen LogP contribution in [0.3, 0.4) is 0 Å². The molecule has 0 saturated heterocycles. The van der Waals surface area contributed by atoms with Crippen LogP contribution in [-0.4, -0.2) is 33.5 Å². The number of rotatable bonds is 7. The second-order valence-corrected chi connectivity index (χ2v) is 7.36. The van der Waals surface area contributed by atoms with Gasteiger partial charge in [0.15, 0.2) is 11.9 Å². The number of benzene rings is 1. The molecule has 0 unspecified atom stereocenters. The normalized spacial score (nSPS) is 12.0. The van der Waals surface area contributed by atoms with Crippen molar-refractivity contribution in [2.24, 2.45) is 5.92 Å². The van der Waals surface area contributed by atoms with Gasteiger partial charge in [-0.3, -0.25) is 14.3 Å². The average molecular weight is 406 g/mol. The molecule has 0 bridgehead atoms. The lowest BCUT2D eigenvalue weighted by Gasteiger charge is -2.14. The summed E-state index contributed by atoms with van der Waals surface area (Å²) in [5, 5.41) is 7.11. The van der Waals surface area contributed by atoms with Crippen LogP contribution in [0.15, 0.2) is 24.3 Å². The van der Waals surface area contributed by atoms with E-state index >= 15 is 0 Å². The maximum atomic E-state index is 12.5. The minimum absolute atomic E-state index is 0.0644. The first-order valence-electron chi connectivity index (χ1n) is 8.95. The molecule has 1 aromatic carbocycles. The Balaban J connectivity index is 2.04. The molecule has 1 heterocycles. The van der Waals surface area contributed by atoms with Gasteiger partial charge < -0.3 is 10.1 Å². The van der Waals surface area contributed by atoms with Crippen LogP contribution in [0.1, 0.15) is 54.1 Å². The topological polar surface area (TPSA) is 90.3 Å². The highest BCUT2D eigenvalue weighted by molar-refractivity contribution is 6.32. The van der Waals surface area contributed by atoms with Crippen molar-refractivity contribution in [3.63, 3.8) is 0 Å². The van der Waals surface area contributed by atoms with E-state index in [2.05, 4.69) is 10.4 Å². The third-order valence-electron chi connectivity index (χ3n) is 4.02. The molecule has 2 aromatic rings. The van der Waals surface area contributed by atoms with Crippen LogP contribution < -0.4 is 5.32 Å². The molecule has 1 amide bonds. The van der Waals surface area contributed by atoms with E-state index in [9.17, 15) is 14.4 Å². The highest BCUT2D eigenvalue weighted by Gasteiger charge is 2.26. The zero-order valence-corrected chi connectivity index (χ0v) is 17.3. The number of esters is 1. The molecule has 150 valence electrons. The van der Waals surface area contributed by atoms with Crippen LogP contribution >= 0.6 is 11.6 Å². The van der Waals surface area contributed by atoms with Gasteiger partial charge in [-0.25, -0.2) is 4.79 Å². The molecule has 0 aliphatic rings. The minimum atomic E-state index is -1.04. The number of halogens is 1. The number of aryl methyl sites for hydroxylation is 1. The number of ether oxygens (including phenoxy) is 1. The summed E-state index contributed by atoms with van der Waals surface area (Å²) < 4.78 is 6.82. The van der Waals surface area contributed by atoms with E-state index in [1.165, 1.54) is 13.8 Å². The molecule has 1 N–H and O–H groups in total. The van der Waals surface area contributed by atoms with E-state index in [-0.39, 0.29) is 16.5 Å². The molecule has 0 fully saturated rings. The lowest BCUT2D eigenvalue weighted by molar-refractivity contribution is -0.123. The molecule has 0 aliphatic carbocycles. The molecule has 7 nitrogen and oxygen atoms in total. The van der Waals surface area contributed by atoms with Crippen molar-refractivity contribution in [2.45, 2.75) is 47.3 Å². The monoisotopic (exact) mass is 405 g/mol. The van der Waals surface area contributed by atoms with E-state index in [0.29, 0.717) is 29.4 Å².